The Labute approximate surface area is 102 Å². The minimum Gasteiger partial charge on any atom is -0.380 e. The first-order valence-electron chi connectivity index (χ1n) is 5.90. The lowest BCUT2D eigenvalue weighted by atomic mass is 10.2. The van der Waals surface area contributed by atoms with Gasteiger partial charge in [-0.15, -0.1) is 0 Å². The summed E-state index contributed by atoms with van der Waals surface area (Å²) in [6.45, 7) is 7.35. The number of hydrogen-bond acceptors (Lipinski definition) is 3. The highest BCUT2D eigenvalue weighted by Gasteiger charge is 2.07. The van der Waals surface area contributed by atoms with Crippen LogP contribution in [0.2, 0.25) is 0 Å². The maximum atomic E-state index is 13.1. The first kappa shape index (κ1) is 13.9. The highest BCUT2D eigenvalue weighted by Crippen LogP contribution is 2.13. The quantitative estimate of drug-likeness (QED) is 0.744. The minimum absolute atomic E-state index is 0.193. The highest BCUT2D eigenvalue weighted by molar-refractivity contribution is 5.45. The summed E-state index contributed by atoms with van der Waals surface area (Å²) in [7, 11) is 0. The van der Waals surface area contributed by atoms with Crippen LogP contribution in [0.3, 0.4) is 0 Å². The molecule has 0 aliphatic heterocycles. The number of nitrogens with one attached hydrogen (secondary N) is 1. The number of hydrogen-bond donors (Lipinski definition) is 1. The predicted octanol–water partition coefficient (Wildman–Crippen LogP) is 2.95. The van der Waals surface area contributed by atoms with E-state index in [-0.39, 0.29) is 12.1 Å². The molecular weight excluding hydrogens is 221 g/mol. The Kier molecular flexibility index (Phi) is 5.94. The van der Waals surface area contributed by atoms with Gasteiger partial charge in [-0.2, -0.15) is 0 Å². The van der Waals surface area contributed by atoms with Gasteiger partial charge in [-0.1, -0.05) is 0 Å². The Morgan fingerprint density at radius 3 is 2.41 bits per heavy atom. The molecule has 0 fully saturated rings. The van der Waals surface area contributed by atoms with Crippen LogP contribution in [-0.2, 0) is 9.47 Å². The second kappa shape index (κ2) is 7.25. The van der Waals surface area contributed by atoms with Crippen LogP contribution in [0.15, 0.2) is 18.2 Å². The summed E-state index contributed by atoms with van der Waals surface area (Å²) < 4.78 is 23.9. The summed E-state index contributed by atoms with van der Waals surface area (Å²) in [6, 6.07) is 4.93. The Bertz CT molecular complexity index is 338. The molecule has 1 N–H and O–H groups in total. The average molecular weight is 241 g/mol. The lowest BCUT2D eigenvalue weighted by molar-refractivity contribution is -0.126. The smallest absolute Gasteiger partial charge is 0.174 e. The van der Waals surface area contributed by atoms with Gasteiger partial charge in [-0.05, 0) is 44.5 Å². The first-order valence-corrected chi connectivity index (χ1v) is 5.90. The maximum Gasteiger partial charge on any atom is 0.174 e. The molecule has 0 heterocycles. The average Bonchev–Trinajstić information content (AvgIpc) is 2.31. The topological polar surface area (TPSA) is 30.5 Å². The van der Waals surface area contributed by atoms with E-state index in [1.165, 1.54) is 6.07 Å². The van der Waals surface area contributed by atoms with E-state index in [9.17, 15) is 4.39 Å². The number of rotatable bonds is 7. The van der Waals surface area contributed by atoms with Crippen LogP contribution < -0.4 is 5.32 Å². The molecule has 0 saturated carbocycles. The molecule has 0 bridgehead atoms. The lowest BCUT2D eigenvalue weighted by Gasteiger charge is -2.18. The molecular formula is C13H20FNO2. The normalized spacial score (nSPS) is 10.9. The third-order valence-corrected chi connectivity index (χ3v) is 2.34. The summed E-state index contributed by atoms with van der Waals surface area (Å²) in [4.78, 5) is 0. The van der Waals surface area contributed by atoms with Gasteiger partial charge < -0.3 is 14.8 Å². The molecule has 0 radical (unpaired) electrons. The Morgan fingerprint density at radius 2 is 1.88 bits per heavy atom. The summed E-state index contributed by atoms with van der Waals surface area (Å²) >= 11 is 0. The highest BCUT2D eigenvalue weighted by atomic mass is 19.1. The van der Waals surface area contributed by atoms with Crippen LogP contribution in [0.4, 0.5) is 10.1 Å². The van der Waals surface area contributed by atoms with E-state index in [1.54, 1.807) is 19.1 Å². The van der Waals surface area contributed by atoms with Crippen molar-refractivity contribution in [2.24, 2.45) is 0 Å². The monoisotopic (exact) mass is 241 g/mol. The summed E-state index contributed by atoms with van der Waals surface area (Å²) in [5.41, 5.74) is 1.49. The van der Waals surface area contributed by atoms with E-state index >= 15 is 0 Å². The van der Waals surface area contributed by atoms with Crippen molar-refractivity contribution >= 4 is 5.69 Å². The number of halogens is 1. The summed E-state index contributed by atoms with van der Waals surface area (Å²) in [5, 5.41) is 3.17. The molecule has 3 nitrogen and oxygen atoms in total. The van der Waals surface area contributed by atoms with Crippen LogP contribution in [0, 0.1) is 12.7 Å². The molecule has 1 rings (SSSR count). The third-order valence-electron chi connectivity index (χ3n) is 2.34. The molecule has 1 aromatic carbocycles. The first-order chi connectivity index (χ1) is 8.17. The van der Waals surface area contributed by atoms with Crippen molar-refractivity contribution in [2.75, 3.05) is 25.1 Å². The molecule has 96 valence electrons. The van der Waals surface area contributed by atoms with E-state index in [2.05, 4.69) is 5.32 Å². The van der Waals surface area contributed by atoms with Gasteiger partial charge in [0.1, 0.15) is 5.82 Å². The van der Waals surface area contributed by atoms with E-state index in [0.717, 1.165) is 5.69 Å². The Hall–Kier alpha value is -1.13. The zero-order valence-electron chi connectivity index (χ0n) is 10.6. The van der Waals surface area contributed by atoms with Crippen LogP contribution in [0.1, 0.15) is 19.4 Å². The summed E-state index contributed by atoms with van der Waals surface area (Å²) in [5.74, 6) is -0.193. The van der Waals surface area contributed by atoms with Crippen molar-refractivity contribution in [3.8, 4) is 0 Å². The number of ether oxygens (including phenoxy) is 2. The van der Waals surface area contributed by atoms with Crippen molar-refractivity contribution in [1.29, 1.82) is 0 Å². The molecule has 0 atom stereocenters. The predicted molar refractivity (Wildman–Crippen MR) is 66.7 cm³/mol. The molecule has 17 heavy (non-hydrogen) atoms. The standard InChI is InChI=1S/C13H20FNO2/c1-4-16-13(17-5-2)9-15-11-6-7-12(14)10(3)8-11/h6-8,13,15H,4-5,9H2,1-3H3. The van der Waals surface area contributed by atoms with Gasteiger partial charge >= 0.3 is 0 Å². The molecule has 0 spiro atoms. The van der Waals surface area contributed by atoms with Crippen molar-refractivity contribution in [1.82, 2.24) is 0 Å². The van der Waals surface area contributed by atoms with Crippen LogP contribution in [-0.4, -0.2) is 26.0 Å². The van der Waals surface area contributed by atoms with Gasteiger partial charge in [-0.3, -0.25) is 0 Å². The van der Waals surface area contributed by atoms with Crippen molar-refractivity contribution in [3.05, 3.63) is 29.6 Å². The number of benzene rings is 1. The number of anilines is 1. The molecule has 0 aliphatic carbocycles. The van der Waals surface area contributed by atoms with E-state index in [1.807, 2.05) is 13.8 Å². The van der Waals surface area contributed by atoms with E-state index < -0.39 is 0 Å². The zero-order valence-corrected chi connectivity index (χ0v) is 10.6. The second-order valence-corrected chi connectivity index (χ2v) is 3.69. The maximum absolute atomic E-state index is 13.1. The van der Waals surface area contributed by atoms with Crippen LogP contribution in [0.5, 0.6) is 0 Å². The largest absolute Gasteiger partial charge is 0.380 e. The van der Waals surface area contributed by atoms with Gasteiger partial charge in [-0.25, -0.2) is 4.39 Å². The van der Waals surface area contributed by atoms with Crippen LogP contribution >= 0.6 is 0 Å². The third kappa shape index (κ3) is 4.71. The van der Waals surface area contributed by atoms with Gasteiger partial charge in [0, 0.05) is 18.9 Å². The molecule has 4 heteroatoms. The summed E-state index contributed by atoms with van der Waals surface area (Å²) in [6.07, 6.45) is -0.268. The lowest BCUT2D eigenvalue weighted by Crippen LogP contribution is -2.26. The van der Waals surface area contributed by atoms with E-state index in [0.29, 0.717) is 25.3 Å². The van der Waals surface area contributed by atoms with Gasteiger partial charge in [0.05, 0.1) is 6.54 Å². The van der Waals surface area contributed by atoms with Crippen LogP contribution in [0.25, 0.3) is 0 Å². The van der Waals surface area contributed by atoms with Gasteiger partial charge in [0.25, 0.3) is 0 Å². The van der Waals surface area contributed by atoms with Crippen molar-refractivity contribution < 1.29 is 13.9 Å². The molecule has 0 saturated heterocycles. The fourth-order valence-electron chi connectivity index (χ4n) is 1.49. The minimum atomic E-state index is -0.268. The second-order valence-electron chi connectivity index (χ2n) is 3.69. The zero-order chi connectivity index (χ0) is 12.7. The Balaban J connectivity index is 2.49. The number of aryl methyl sites for hydroxylation is 1. The fraction of sp³-hybridized carbons (Fsp3) is 0.538. The fourth-order valence-corrected chi connectivity index (χ4v) is 1.49. The molecule has 0 amide bonds. The SMILES string of the molecule is CCOC(CNc1ccc(F)c(C)c1)OCC. The van der Waals surface area contributed by atoms with Crippen molar-refractivity contribution in [2.45, 2.75) is 27.1 Å². The molecule has 1 aromatic rings. The molecule has 0 aliphatic rings. The van der Waals surface area contributed by atoms with Crippen molar-refractivity contribution in [3.63, 3.8) is 0 Å². The Morgan fingerprint density at radius 1 is 1.24 bits per heavy atom. The molecule has 0 unspecified atom stereocenters. The van der Waals surface area contributed by atoms with Gasteiger partial charge in [0.2, 0.25) is 0 Å². The van der Waals surface area contributed by atoms with Gasteiger partial charge in [0.15, 0.2) is 6.29 Å². The molecule has 0 aromatic heterocycles. The van der Waals surface area contributed by atoms with E-state index in [4.69, 9.17) is 9.47 Å².